The molecule has 1 aromatic carbocycles. The first-order valence-corrected chi connectivity index (χ1v) is 12.4. The summed E-state index contributed by atoms with van der Waals surface area (Å²) in [5, 5.41) is 11.6. The van der Waals surface area contributed by atoms with Gasteiger partial charge in [-0.05, 0) is 48.3 Å². The van der Waals surface area contributed by atoms with Crippen LogP contribution in [0.15, 0.2) is 24.3 Å². The summed E-state index contributed by atoms with van der Waals surface area (Å²) in [5.74, 6) is 0. The van der Waals surface area contributed by atoms with Gasteiger partial charge in [0.15, 0.2) is 0 Å². The minimum atomic E-state index is -0.809. The van der Waals surface area contributed by atoms with Crippen molar-refractivity contribution in [2.75, 3.05) is 30.4 Å². The van der Waals surface area contributed by atoms with Crippen molar-refractivity contribution in [2.45, 2.75) is 65.0 Å². The molecule has 9 nitrogen and oxygen atoms in total. The summed E-state index contributed by atoms with van der Waals surface area (Å²) in [7, 11) is 1.65. The van der Waals surface area contributed by atoms with Crippen molar-refractivity contribution in [3.8, 4) is 5.19 Å². The van der Waals surface area contributed by atoms with E-state index >= 15 is 0 Å². The molecule has 180 valence electrons. The third-order valence-electron chi connectivity index (χ3n) is 5.34. The van der Waals surface area contributed by atoms with E-state index in [0.717, 1.165) is 49.9 Å². The van der Waals surface area contributed by atoms with Crippen LogP contribution in [0.1, 0.15) is 57.9 Å². The fourth-order valence-electron chi connectivity index (χ4n) is 3.45. The fraction of sp³-hybridized carbons (Fsp3) is 0.565. The molecule has 10 heteroatoms. The first kappa shape index (κ1) is 24.8. The molecule has 2 heterocycles. The normalized spacial score (nSPS) is 15.7. The Morgan fingerprint density at radius 2 is 1.88 bits per heavy atom. The summed E-state index contributed by atoms with van der Waals surface area (Å²) < 4.78 is 11.2. The minimum absolute atomic E-state index is 0.231. The first-order chi connectivity index (χ1) is 16.0. The number of unbranched alkanes of at least 4 members (excludes halogenated alkanes) is 4. The van der Waals surface area contributed by atoms with Crippen molar-refractivity contribution in [3.05, 3.63) is 29.8 Å². The monoisotopic (exact) mass is 475 g/mol. The standard InChI is InChI=1S/C23H33N5O4S/c1-4-6-8-9-15-31-22-26-25-20(33-22)28-19(16-27(3)23(28)30)32-21(29)24-18-13-11-17(12-14-18)10-7-5-2/h11-14,19H,4-10,15-16H2,1-3H3,(H,24,29). The summed E-state index contributed by atoms with van der Waals surface area (Å²) in [5.41, 5.74) is 1.86. The highest BCUT2D eigenvalue weighted by atomic mass is 32.1. The fourth-order valence-corrected chi connectivity index (χ4v) is 4.20. The molecule has 1 saturated heterocycles. The number of nitrogens with one attached hydrogen (secondary N) is 1. The van der Waals surface area contributed by atoms with Gasteiger partial charge in [0.1, 0.15) is 0 Å². The number of likely N-dealkylation sites (N-methyl/N-ethyl adjacent to an activating group) is 1. The highest BCUT2D eigenvalue weighted by Gasteiger charge is 2.41. The molecule has 2 aromatic rings. The highest BCUT2D eigenvalue weighted by Crippen LogP contribution is 2.31. The number of hydrogen-bond donors (Lipinski definition) is 1. The van der Waals surface area contributed by atoms with Crippen LogP contribution in [0.4, 0.5) is 20.4 Å². The lowest BCUT2D eigenvalue weighted by Crippen LogP contribution is -2.38. The number of hydrogen-bond acceptors (Lipinski definition) is 7. The van der Waals surface area contributed by atoms with Crippen molar-refractivity contribution in [1.82, 2.24) is 15.1 Å². The van der Waals surface area contributed by atoms with Crippen LogP contribution in [0.2, 0.25) is 0 Å². The van der Waals surface area contributed by atoms with Crippen LogP contribution in [-0.2, 0) is 11.2 Å². The van der Waals surface area contributed by atoms with Crippen LogP contribution in [0, 0.1) is 0 Å². The molecule has 0 spiro atoms. The van der Waals surface area contributed by atoms with E-state index in [1.165, 1.54) is 21.8 Å². The van der Waals surface area contributed by atoms with Gasteiger partial charge in [-0.1, -0.05) is 56.8 Å². The highest BCUT2D eigenvalue weighted by molar-refractivity contribution is 7.17. The molecule has 1 atom stereocenters. The lowest BCUT2D eigenvalue weighted by molar-refractivity contribution is 0.116. The Kier molecular flexibility index (Phi) is 9.29. The van der Waals surface area contributed by atoms with Gasteiger partial charge in [0.25, 0.3) is 5.19 Å². The summed E-state index contributed by atoms with van der Waals surface area (Å²) in [6.07, 6.45) is 6.21. The molecular formula is C23H33N5O4S. The zero-order chi connectivity index (χ0) is 23.6. The molecule has 0 bridgehead atoms. The number of nitrogens with zero attached hydrogens (tertiary/aromatic N) is 4. The van der Waals surface area contributed by atoms with Gasteiger partial charge in [-0.3, -0.25) is 5.32 Å². The Morgan fingerprint density at radius 1 is 1.12 bits per heavy atom. The molecule has 0 saturated carbocycles. The number of aryl methyl sites for hydroxylation is 1. The Bertz CT molecular complexity index is 905. The largest absolute Gasteiger partial charge is 0.469 e. The molecule has 1 fully saturated rings. The maximum atomic E-state index is 12.7. The second-order valence-corrected chi connectivity index (χ2v) is 9.00. The molecule has 1 aliphatic heterocycles. The van der Waals surface area contributed by atoms with Crippen LogP contribution in [0.25, 0.3) is 0 Å². The number of amides is 3. The molecular weight excluding hydrogens is 442 g/mol. The van der Waals surface area contributed by atoms with E-state index in [1.54, 1.807) is 7.05 Å². The smallest absolute Gasteiger partial charge is 0.413 e. The molecule has 0 aliphatic carbocycles. The Balaban J connectivity index is 1.57. The number of anilines is 2. The van der Waals surface area contributed by atoms with E-state index in [0.29, 0.717) is 22.6 Å². The number of carbonyl (C=O) groups excluding carboxylic acids is 2. The maximum absolute atomic E-state index is 12.7. The van der Waals surface area contributed by atoms with E-state index in [2.05, 4.69) is 29.4 Å². The lowest BCUT2D eigenvalue weighted by atomic mass is 10.1. The number of rotatable bonds is 12. The topological polar surface area (TPSA) is 96.9 Å². The second-order valence-electron chi connectivity index (χ2n) is 8.08. The Labute approximate surface area is 199 Å². The van der Waals surface area contributed by atoms with Crippen molar-refractivity contribution in [2.24, 2.45) is 0 Å². The third kappa shape index (κ3) is 7.05. The third-order valence-corrected chi connectivity index (χ3v) is 6.17. The van der Waals surface area contributed by atoms with E-state index in [9.17, 15) is 9.59 Å². The van der Waals surface area contributed by atoms with Gasteiger partial charge < -0.3 is 14.4 Å². The average molecular weight is 476 g/mol. The van der Waals surface area contributed by atoms with Crippen molar-refractivity contribution < 1.29 is 19.1 Å². The van der Waals surface area contributed by atoms with Crippen molar-refractivity contribution in [1.29, 1.82) is 0 Å². The SMILES string of the molecule is CCCCCCOc1nnc(N2C(=O)N(C)CC2OC(=O)Nc2ccc(CCCC)cc2)s1. The number of benzene rings is 1. The van der Waals surface area contributed by atoms with Crippen LogP contribution in [0.5, 0.6) is 5.19 Å². The zero-order valence-corrected chi connectivity index (χ0v) is 20.4. The molecule has 1 aromatic heterocycles. The van der Waals surface area contributed by atoms with Gasteiger partial charge in [-0.2, -0.15) is 0 Å². The predicted octanol–water partition coefficient (Wildman–Crippen LogP) is 5.29. The molecule has 1 unspecified atom stereocenters. The van der Waals surface area contributed by atoms with Gasteiger partial charge in [-0.15, -0.1) is 5.10 Å². The first-order valence-electron chi connectivity index (χ1n) is 11.6. The molecule has 3 rings (SSSR count). The van der Waals surface area contributed by atoms with Crippen LogP contribution >= 0.6 is 11.3 Å². The van der Waals surface area contributed by atoms with Gasteiger partial charge >= 0.3 is 12.1 Å². The number of carbonyl (C=O) groups is 2. The number of aromatic nitrogens is 2. The van der Waals surface area contributed by atoms with E-state index in [4.69, 9.17) is 9.47 Å². The minimum Gasteiger partial charge on any atom is -0.469 e. The molecule has 0 radical (unpaired) electrons. The molecule has 33 heavy (non-hydrogen) atoms. The molecule has 1 N–H and O–H groups in total. The number of urea groups is 1. The lowest BCUT2D eigenvalue weighted by Gasteiger charge is -2.20. The van der Waals surface area contributed by atoms with Gasteiger partial charge in [0.05, 0.1) is 13.2 Å². The van der Waals surface area contributed by atoms with Gasteiger partial charge in [-0.25, -0.2) is 14.5 Å². The van der Waals surface area contributed by atoms with Gasteiger partial charge in [0, 0.05) is 12.7 Å². The molecule has 3 amide bonds. The van der Waals surface area contributed by atoms with Crippen LogP contribution in [0.3, 0.4) is 0 Å². The Hall–Kier alpha value is -2.88. The summed E-state index contributed by atoms with van der Waals surface area (Å²) in [6, 6.07) is 7.39. The molecule has 1 aliphatic rings. The van der Waals surface area contributed by atoms with Crippen molar-refractivity contribution >= 4 is 34.3 Å². The average Bonchev–Trinajstić information content (AvgIpc) is 3.37. The summed E-state index contributed by atoms with van der Waals surface area (Å²) >= 11 is 1.16. The maximum Gasteiger partial charge on any atom is 0.413 e. The van der Waals surface area contributed by atoms with E-state index in [1.807, 2.05) is 24.3 Å². The van der Waals surface area contributed by atoms with Crippen LogP contribution in [-0.4, -0.2) is 53.6 Å². The van der Waals surface area contributed by atoms with E-state index < -0.39 is 12.3 Å². The quantitative estimate of drug-likeness (QED) is 0.419. The number of ether oxygens (including phenoxy) is 2. The second kappa shape index (κ2) is 12.4. The predicted molar refractivity (Wildman–Crippen MR) is 129 cm³/mol. The summed E-state index contributed by atoms with van der Waals surface area (Å²) in [6.45, 7) is 5.10. The van der Waals surface area contributed by atoms with Gasteiger partial charge in [0.2, 0.25) is 11.4 Å². The zero-order valence-electron chi connectivity index (χ0n) is 19.6. The Morgan fingerprint density at radius 3 is 2.61 bits per heavy atom. The van der Waals surface area contributed by atoms with E-state index in [-0.39, 0.29) is 12.6 Å². The van der Waals surface area contributed by atoms with Crippen molar-refractivity contribution in [3.63, 3.8) is 0 Å². The van der Waals surface area contributed by atoms with Crippen LogP contribution < -0.4 is 15.0 Å². The summed E-state index contributed by atoms with van der Waals surface area (Å²) in [4.78, 5) is 28.0.